The topological polar surface area (TPSA) is 52.0 Å². The van der Waals surface area contributed by atoms with E-state index >= 15 is 0 Å². The molecule has 0 spiro atoms. The van der Waals surface area contributed by atoms with Crippen LogP contribution in [0.3, 0.4) is 0 Å². The van der Waals surface area contributed by atoms with Crippen molar-refractivity contribution >= 4 is 0 Å². The van der Waals surface area contributed by atoms with Gasteiger partial charge in [0.15, 0.2) is 5.75 Å². The second-order valence-corrected chi connectivity index (χ2v) is 4.68. The number of aryl methyl sites for hydroxylation is 1. The monoisotopic (exact) mass is 292 g/mol. The summed E-state index contributed by atoms with van der Waals surface area (Å²) in [5.74, 6) is 0.300. The van der Waals surface area contributed by atoms with Crippen molar-refractivity contribution in [3.63, 3.8) is 0 Å². The maximum absolute atomic E-state index is 14.1. The molecule has 0 fully saturated rings. The molecular formula is C15H21FN4O. The number of methoxy groups -OCH3 is 1. The molecule has 6 heteroatoms. The highest BCUT2D eigenvalue weighted by molar-refractivity contribution is 5.34. The summed E-state index contributed by atoms with van der Waals surface area (Å²) in [6.45, 7) is 5.47. The Bertz CT molecular complexity index is 585. The van der Waals surface area contributed by atoms with Crippen molar-refractivity contribution in [2.45, 2.75) is 32.9 Å². The first-order valence-electron chi connectivity index (χ1n) is 7.16. The first-order valence-corrected chi connectivity index (χ1v) is 7.16. The summed E-state index contributed by atoms with van der Waals surface area (Å²) in [6.07, 6.45) is 4.19. The van der Waals surface area contributed by atoms with Crippen molar-refractivity contribution < 1.29 is 9.13 Å². The summed E-state index contributed by atoms with van der Waals surface area (Å²) in [4.78, 5) is 4.20. The number of halogens is 1. The van der Waals surface area contributed by atoms with Gasteiger partial charge in [-0.3, -0.25) is 9.67 Å². The van der Waals surface area contributed by atoms with Crippen LogP contribution in [0.4, 0.5) is 4.39 Å². The van der Waals surface area contributed by atoms with Crippen LogP contribution >= 0.6 is 0 Å². The number of hydrogen-bond acceptors (Lipinski definition) is 4. The Balaban J connectivity index is 2.52. The lowest BCUT2D eigenvalue weighted by atomic mass is 10.1. The Morgan fingerprint density at radius 2 is 2.24 bits per heavy atom. The van der Waals surface area contributed by atoms with E-state index in [2.05, 4.69) is 22.3 Å². The molecular weight excluding hydrogens is 271 g/mol. The minimum absolute atomic E-state index is 0.338. The molecule has 2 aromatic rings. The maximum Gasteiger partial charge on any atom is 0.161 e. The van der Waals surface area contributed by atoms with E-state index in [9.17, 15) is 4.39 Å². The molecule has 1 unspecified atom stereocenters. The van der Waals surface area contributed by atoms with Crippen LogP contribution in [-0.4, -0.2) is 28.4 Å². The van der Waals surface area contributed by atoms with Crippen molar-refractivity contribution in [2.75, 3.05) is 13.7 Å². The van der Waals surface area contributed by atoms with E-state index in [4.69, 9.17) is 4.74 Å². The first-order chi connectivity index (χ1) is 10.2. The van der Waals surface area contributed by atoms with Gasteiger partial charge in [-0.1, -0.05) is 13.8 Å². The Morgan fingerprint density at radius 3 is 2.86 bits per heavy atom. The average Bonchev–Trinajstić information content (AvgIpc) is 2.89. The zero-order valence-corrected chi connectivity index (χ0v) is 12.6. The summed E-state index contributed by atoms with van der Waals surface area (Å²) in [5, 5.41) is 7.61. The predicted octanol–water partition coefficient (Wildman–Crippen LogP) is 2.53. The number of aromatic nitrogens is 3. The highest BCUT2D eigenvalue weighted by Crippen LogP contribution is 2.30. The Morgan fingerprint density at radius 1 is 1.43 bits per heavy atom. The smallest absolute Gasteiger partial charge is 0.161 e. The van der Waals surface area contributed by atoms with Crippen molar-refractivity contribution in [2.24, 2.45) is 0 Å². The average molecular weight is 292 g/mol. The fourth-order valence-corrected chi connectivity index (χ4v) is 2.35. The fourth-order valence-electron chi connectivity index (χ4n) is 2.35. The summed E-state index contributed by atoms with van der Waals surface area (Å²) >= 11 is 0. The number of rotatable bonds is 7. The third kappa shape index (κ3) is 3.21. The van der Waals surface area contributed by atoms with Crippen molar-refractivity contribution in [3.8, 4) is 5.75 Å². The van der Waals surface area contributed by atoms with Crippen molar-refractivity contribution in [1.29, 1.82) is 0 Å². The van der Waals surface area contributed by atoms with Crippen LogP contribution in [0, 0.1) is 5.82 Å². The van der Waals surface area contributed by atoms with Crippen LogP contribution in [0.15, 0.2) is 24.5 Å². The molecule has 1 atom stereocenters. The van der Waals surface area contributed by atoms with Crippen molar-refractivity contribution in [1.82, 2.24) is 20.1 Å². The molecule has 0 aliphatic rings. The number of hydrogen-bond donors (Lipinski definition) is 1. The lowest BCUT2D eigenvalue weighted by Crippen LogP contribution is -2.27. The zero-order valence-electron chi connectivity index (χ0n) is 12.6. The van der Waals surface area contributed by atoms with Crippen LogP contribution in [0.2, 0.25) is 0 Å². The minimum atomic E-state index is -0.389. The van der Waals surface area contributed by atoms with E-state index < -0.39 is 0 Å². The van der Waals surface area contributed by atoms with Gasteiger partial charge >= 0.3 is 0 Å². The third-order valence-electron chi connectivity index (χ3n) is 3.24. The second kappa shape index (κ2) is 7.17. The summed E-state index contributed by atoms with van der Waals surface area (Å²) in [5.41, 5.74) is 1.16. The molecule has 0 saturated carbocycles. The molecule has 5 nitrogen and oxygen atoms in total. The van der Waals surface area contributed by atoms with Crippen LogP contribution in [0.1, 0.15) is 37.7 Å². The SMILES string of the molecule is CCCn1ncc(OC)c1C(NCC)c1ncccc1F. The molecule has 2 aromatic heterocycles. The van der Waals surface area contributed by atoms with Gasteiger partial charge in [-0.05, 0) is 25.1 Å². The summed E-state index contributed by atoms with van der Waals surface area (Å²) < 4.78 is 21.4. The molecule has 0 radical (unpaired) electrons. The Labute approximate surface area is 124 Å². The summed E-state index contributed by atoms with van der Waals surface area (Å²) in [7, 11) is 1.59. The summed E-state index contributed by atoms with van der Waals surface area (Å²) in [6, 6.07) is 2.61. The van der Waals surface area contributed by atoms with E-state index in [-0.39, 0.29) is 11.9 Å². The number of ether oxygens (including phenoxy) is 1. The molecule has 0 amide bonds. The molecule has 0 saturated heterocycles. The van der Waals surface area contributed by atoms with Crippen LogP contribution in [0.25, 0.3) is 0 Å². The van der Waals surface area contributed by atoms with Gasteiger partial charge in [0, 0.05) is 12.7 Å². The van der Waals surface area contributed by atoms with Gasteiger partial charge in [0.25, 0.3) is 0 Å². The van der Waals surface area contributed by atoms with Gasteiger partial charge < -0.3 is 10.1 Å². The quantitative estimate of drug-likeness (QED) is 0.852. The molecule has 1 N–H and O–H groups in total. The fraction of sp³-hybridized carbons (Fsp3) is 0.467. The van der Waals surface area contributed by atoms with Gasteiger partial charge in [0.1, 0.15) is 11.5 Å². The largest absolute Gasteiger partial charge is 0.493 e. The van der Waals surface area contributed by atoms with Gasteiger partial charge in [-0.15, -0.1) is 0 Å². The minimum Gasteiger partial charge on any atom is -0.493 e. The third-order valence-corrected chi connectivity index (χ3v) is 3.24. The molecule has 0 bridgehead atoms. The van der Waals surface area contributed by atoms with Gasteiger partial charge in [0.2, 0.25) is 0 Å². The molecule has 0 aliphatic heterocycles. The normalized spacial score (nSPS) is 12.4. The molecule has 21 heavy (non-hydrogen) atoms. The molecule has 2 heterocycles. The number of pyridine rings is 1. The zero-order chi connectivity index (χ0) is 15.2. The number of nitrogens with one attached hydrogen (secondary N) is 1. The molecule has 114 valence electrons. The highest BCUT2D eigenvalue weighted by atomic mass is 19.1. The van der Waals surface area contributed by atoms with Crippen LogP contribution in [-0.2, 0) is 6.54 Å². The maximum atomic E-state index is 14.1. The first kappa shape index (κ1) is 15.4. The second-order valence-electron chi connectivity index (χ2n) is 4.68. The van der Waals surface area contributed by atoms with E-state index in [0.29, 0.717) is 18.0 Å². The lowest BCUT2D eigenvalue weighted by molar-refractivity contribution is 0.395. The lowest BCUT2D eigenvalue weighted by Gasteiger charge is -2.20. The standard InChI is InChI=1S/C15H21FN4O/c1-4-9-20-15(12(21-3)10-19-20)14(17-5-2)13-11(16)7-6-8-18-13/h6-8,10,14,17H,4-5,9H2,1-3H3. The van der Waals surface area contributed by atoms with E-state index in [1.54, 1.807) is 25.6 Å². The van der Waals surface area contributed by atoms with Gasteiger partial charge in [-0.25, -0.2) is 4.39 Å². The van der Waals surface area contributed by atoms with E-state index in [1.807, 2.05) is 11.6 Å². The Hall–Kier alpha value is -1.95. The molecule has 2 rings (SSSR count). The van der Waals surface area contributed by atoms with Gasteiger partial charge in [0.05, 0.1) is 25.0 Å². The van der Waals surface area contributed by atoms with E-state index in [1.165, 1.54) is 6.07 Å². The highest BCUT2D eigenvalue weighted by Gasteiger charge is 2.26. The molecule has 0 aromatic carbocycles. The van der Waals surface area contributed by atoms with Gasteiger partial charge in [-0.2, -0.15) is 5.10 Å². The van der Waals surface area contributed by atoms with Crippen LogP contribution in [0.5, 0.6) is 5.75 Å². The molecule has 0 aliphatic carbocycles. The Kier molecular flexibility index (Phi) is 5.27. The number of nitrogens with zero attached hydrogens (tertiary/aromatic N) is 3. The van der Waals surface area contributed by atoms with E-state index in [0.717, 1.165) is 18.7 Å². The predicted molar refractivity (Wildman–Crippen MR) is 78.8 cm³/mol. The van der Waals surface area contributed by atoms with Crippen molar-refractivity contribution in [3.05, 3.63) is 41.7 Å². The van der Waals surface area contributed by atoms with Crippen LogP contribution < -0.4 is 10.1 Å².